The predicted molar refractivity (Wildman–Crippen MR) is 102 cm³/mol. The zero-order valence-electron chi connectivity index (χ0n) is 15.7. The van der Waals surface area contributed by atoms with E-state index in [0.717, 1.165) is 43.3 Å². The maximum atomic E-state index is 11.1. The van der Waals surface area contributed by atoms with Crippen LogP contribution in [0.2, 0.25) is 0 Å². The van der Waals surface area contributed by atoms with Gasteiger partial charge >= 0.3 is 0 Å². The van der Waals surface area contributed by atoms with E-state index in [-0.39, 0.29) is 11.6 Å². The Kier molecular flexibility index (Phi) is 4.72. The van der Waals surface area contributed by atoms with Crippen LogP contribution in [0.1, 0.15) is 36.2 Å². The third-order valence-corrected chi connectivity index (χ3v) is 4.88. The number of benzene rings is 1. The van der Waals surface area contributed by atoms with Gasteiger partial charge < -0.3 is 9.42 Å². The minimum absolute atomic E-state index is 0.0281. The predicted octanol–water partition coefficient (Wildman–Crippen LogP) is 3.44. The van der Waals surface area contributed by atoms with Crippen LogP contribution in [0.15, 0.2) is 34.9 Å². The van der Waals surface area contributed by atoms with Crippen LogP contribution in [-0.4, -0.2) is 38.1 Å². The minimum atomic E-state index is -0.412. The third-order valence-electron chi connectivity index (χ3n) is 4.88. The van der Waals surface area contributed by atoms with Crippen molar-refractivity contribution in [2.24, 2.45) is 0 Å². The molecule has 0 aliphatic carbocycles. The molecule has 1 fully saturated rings. The van der Waals surface area contributed by atoms with Crippen molar-refractivity contribution in [3.63, 3.8) is 0 Å². The van der Waals surface area contributed by atoms with Gasteiger partial charge in [-0.1, -0.05) is 17.3 Å². The molecule has 0 saturated carbocycles. The number of anilines is 1. The lowest BCUT2D eigenvalue weighted by molar-refractivity contribution is -0.384. The highest BCUT2D eigenvalue weighted by molar-refractivity contribution is 5.61. The van der Waals surface area contributed by atoms with Crippen molar-refractivity contribution in [2.45, 2.75) is 32.6 Å². The second-order valence-electron chi connectivity index (χ2n) is 6.93. The molecule has 9 nitrogen and oxygen atoms in total. The average molecular weight is 380 g/mol. The van der Waals surface area contributed by atoms with E-state index in [4.69, 9.17) is 4.52 Å². The fraction of sp³-hybridized carbons (Fsp3) is 0.368. The van der Waals surface area contributed by atoms with Gasteiger partial charge in [0.2, 0.25) is 5.89 Å². The molecule has 0 N–H and O–H groups in total. The van der Waals surface area contributed by atoms with Gasteiger partial charge in [0.05, 0.1) is 4.92 Å². The molecule has 0 radical (unpaired) electrons. The summed E-state index contributed by atoms with van der Waals surface area (Å²) in [5.41, 5.74) is 1.49. The second-order valence-corrected chi connectivity index (χ2v) is 6.93. The van der Waals surface area contributed by atoms with E-state index < -0.39 is 4.92 Å². The number of nitro groups is 1. The van der Waals surface area contributed by atoms with Crippen LogP contribution in [0.5, 0.6) is 0 Å². The molecule has 4 rings (SSSR count). The molecule has 28 heavy (non-hydrogen) atoms. The number of nitro benzene ring substituents is 1. The molecule has 0 atom stereocenters. The Morgan fingerprint density at radius 3 is 2.61 bits per heavy atom. The Balaban J connectivity index is 1.55. The van der Waals surface area contributed by atoms with Crippen molar-refractivity contribution < 1.29 is 9.45 Å². The Labute approximate surface area is 161 Å². The van der Waals surface area contributed by atoms with Crippen LogP contribution >= 0.6 is 0 Å². The first-order valence-corrected chi connectivity index (χ1v) is 9.15. The van der Waals surface area contributed by atoms with Crippen molar-refractivity contribution in [1.82, 2.24) is 20.1 Å². The molecule has 1 aromatic carbocycles. The average Bonchev–Trinajstić information content (AvgIpc) is 3.14. The molecule has 9 heteroatoms. The van der Waals surface area contributed by atoms with Crippen molar-refractivity contribution in [3.8, 4) is 11.4 Å². The molecular weight excluding hydrogens is 360 g/mol. The zero-order chi connectivity index (χ0) is 19.7. The van der Waals surface area contributed by atoms with Gasteiger partial charge in [0.1, 0.15) is 5.82 Å². The Hall–Kier alpha value is -3.36. The van der Waals surface area contributed by atoms with Gasteiger partial charge in [-0.3, -0.25) is 10.1 Å². The first-order chi connectivity index (χ1) is 13.5. The number of hydrogen-bond donors (Lipinski definition) is 0. The van der Waals surface area contributed by atoms with Crippen LogP contribution in [0.4, 0.5) is 11.5 Å². The maximum Gasteiger partial charge on any atom is 0.270 e. The van der Waals surface area contributed by atoms with E-state index in [1.807, 2.05) is 13.0 Å². The van der Waals surface area contributed by atoms with Gasteiger partial charge in [0.25, 0.3) is 5.69 Å². The topological polar surface area (TPSA) is 111 Å². The van der Waals surface area contributed by atoms with Crippen molar-refractivity contribution in [3.05, 3.63) is 57.9 Å². The third kappa shape index (κ3) is 3.68. The van der Waals surface area contributed by atoms with Crippen LogP contribution in [-0.2, 0) is 0 Å². The summed E-state index contributed by atoms with van der Waals surface area (Å²) in [5, 5.41) is 15.1. The largest absolute Gasteiger partial charge is 0.356 e. The van der Waals surface area contributed by atoms with Crippen LogP contribution < -0.4 is 4.90 Å². The van der Waals surface area contributed by atoms with Crippen LogP contribution in [0, 0.1) is 24.0 Å². The molecular formula is C19H20N6O3. The SMILES string of the molecule is Cc1cc(N2CCC(c3noc(C)n3)CC2)nc(-c2cccc([N+](=O)[O-])c2)n1. The lowest BCUT2D eigenvalue weighted by atomic mass is 9.96. The molecule has 0 unspecified atom stereocenters. The number of aromatic nitrogens is 4. The van der Waals surface area contributed by atoms with Crippen LogP contribution in [0.25, 0.3) is 11.4 Å². The smallest absolute Gasteiger partial charge is 0.270 e. The van der Waals surface area contributed by atoms with Crippen molar-refractivity contribution in [2.75, 3.05) is 18.0 Å². The van der Waals surface area contributed by atoms with E-state index in [1.54, 1.807) is 19.1 Å². The summed E-state index contributed by atoms with van der Waals surface area (Å²) in [6, 6.07) is 8.35. The summed E-state index contributed by atoms with van der Waals surface area (Å²) in [4.78, 5) is 26.3. The summed E-state index contributed by atoms with van der Waals surface area (Å²) in [6.07, 6.45) is 1.82. The Bertz CT molecular complexity index is 1010. The second kappa shape index (κ2) is 7.34. The van der Waals surface area contributed by atoms with Gasteiger partial charge in [-0.15, -0.1) is 0 Å². The van der Waals surface area contributed by atoms with E-state index in [2.05, 4.69) is 25.0 Å². The highest BCUT2D eigenvalue weighted by Crippen LogP contribution is 2.30. The molecule has 1 saturated heterocycles. The quantitative estimate of drug-likeness (QED) is 0.500. The number of non-ortho nitro benzene ring substituents is 1. The number of nitrogens with zero attached hydrogens (tertiary/aromatic N) is 6. The number of piperidine rings is 1. The molecule has 3 heterocycles. The summed E-state index contributed by atoms with van der Waals surface area (Å²) in [5.74, 6) is 2.97. The monoisotopic (exact) mass is 380 g/mol. The Morgan fingerprint density at radius 2 is 1.93 bits per heavy atom. The molecule has 0 spiro atoms. The summed E-state index contributed by atoms with van der Waals surface area (Å²) >= 11 is 0. The van der Waals surface area contributed by atoms with Gasteiger partial charge in [0.15, 0.2) is 11.6 Å². The van der Waals surface area contributed by atoms with Gasteiger partial charge in [-0.25, -0.2) is 9.97 Å². The zero-order valence-corrected chi connectivity index (χ0v) is 15.7. The minimum Gasteiger partial charge on any atom is -0.356 e. The lowest BCUT2D eigenvalue weighted by Crippen LogP contribution is -2.34. The fourth-order valence-corrected chi connectivity index (χ4v) is 3.45. The molecule has 0 amide bonds. The number of rotatable bonds is 4. The number of aryl methyl sites for hydroxylation is 2. The van der Waals surface area contributed by atoms with Gasteiger partial charge in [-0.05, 0) is 19.8 Å². The van der Waals surface area contributed by atoms with Crippen molar-refractivity contribution >= 4 is 11.5 Å². The molecule has 2 aromatic heterocycles. The van der Waals surface area contributed by atoms with Gasteiger partial charge in [0, 0.05) is 55.4 Å². The highest BCUT2D eigenvalue weighted by Gasteiger charge is 2.25. The number of hydrogen-bond acceptors (Lipinski definition) is 8. The molecule has 3 aromatic rings. The summed E-state index contributed by atoms with van der Waals surface area (Å²) in [6.45, 7) is 5.35. The molecule has 144 valence electrons. The van der Waals surface area contributed by atoms with Crippen LogP contribution in [0.3, 0.4) is 0 Å². The van der Waals surface area contributed by atoms with E-state index in [9.17, 15) is 10.1 Å². The Morgan fingerprint density at radius 1 is 1.14 bits per heavy atom. The molecule has 1 aliphatic rings. The first-order valence-electron chi connectivity index (χ1n) is 9.15. The van der Waals surface area contributed by atoms with E-state index >= 15 is 0 Å². The van der Waals surface area contributed by atoms with E-state index in [0.29, 0.717) is 17.3 Å². The van der Waals surface area contributed by atoms with Crippen molar-refractivity contribution in [1.29, 1.82) is 0 Å². The molecule has 0 bridgehead atoms. The first kappa shape index (κ1) is 18.0. The fourth-order valence-electron chi connectivity index (χ4n) is 3.45. The maximum absolute atomic E-state index is 11.1. The summed E-state index contributed by atoms with van der Waals surface area (Å²) < 4.78 is 5.09. The van der Waals surface area contributed by atoms with E-state index in [1.165, 1.54) is 12.1 Å². The standard InChI is InChI=1S/C19H20N6O3/c1-12-10-17(22-18(20-12)15-4-3-5-16(11-15)25(26)27)24-8-6-14(7-9-24)19-21-13(2)28-23-19/h3-5,10-11,14H,6-9H2,1-2H3. The normalized spacial score (nSPS) is 15.0. The summed E-state index contributed by atoms with van der Waals surface area (Å²) in [7, 11) is 0. The lowest BCUT2D eigenvalue weighted by Gasteiger charge is -2.31. The van der Waals surface area contributed by atoms with Gasteiger partial charge in [-0.2, -0.15) is 4.98 Å². The molecule has 1 aliphatic heterocycles. The highest BCUT2D eigenvalue weighted by atomic mass is 16.6.